The van der Waals surface area contributed by atoms with Crippen LogP contribution in [0.1, 0.15) is 19.4 Å². The number of para-hydroxylation sites is 1. The van der Waals surface area contributed by atoms with Crippen LogP contribution in [0, 0.1) is 0 Å². The fraction of sp³-hybridized carbons (Fsp3) is 0.286. The van der Waals surface area contributed by atoms with Gasteiger partial charge in [-0.25, -0.2) is 0 Å². The highest BCUT2D eigenvalue weighted by atomic mass is 16.5. The van der Waals surface area contributed by atoms with Crippen molar-refractivity contribution in [2.75, 3.05) is 30.8 Å². The summed E-state index contributed by atoms with van der Waals surface area (Å²) < 4.78 is 5.32. The summed E-state index contributed by atoms with van der Waals surface area (Å²) in [6.07, 6.45) is 0.586. The summed E-state index contributed by atoms with van der Waals surface area (Å²) in [5.41, 5.74) is 2.21. The summed E-state index contributed by atoms with van der Waals surface area (Å²) in [5.74, 6) is 0.132. The average Bonchev–Trinajstić information content (AvgIpc) is 2.66. The van der Waals surface area contributed by atoms with Crippen LogP contribution >= 0.6 is 0 Å². The number of nitrogens with one attached hydrogen (secondary N) is 2. The molecule has 2 rings (SSSR count). The quantitative estimate of drug-likeness (QED) is 0.734. The van der Waals surface area contributed by atoms with Crippen LogP contribution in [0.5, 0.6) is 5.75 Å². The van der Waals surface area contributed by atoms with Gasteiger partial charge >= 0.3 is 0 Å². The number of methoxy groups -OCH3 is 1. The Bertz CT molecular complexity index is 834. The van der Waals surface area contributed by atoms with Gasteiger partial charge in [-0.2, -0.15) is 0 Å². The number of nitrogens with zero attached hydrogens (tertiary/aromatic N) is 1. The molecule has 0 aromatic heterocycles. The predicted molar refractivity (Wildman–Crippen MR) is 108 cm³/mol. The van der Waals surface area contributed by atoms with E-state index < -0.39 is 0 Å². The highest BCUT2D eigenvalue weighted by molar-refractivity contribution is 5.95. The van der Waals surface area contributed by atoms with Gasteiger partial charge in [0.25, 0.3) is 0 Å². The van der Waals surface area contributed by atoms with Crippen LogP contribution in [-0.4, -0.2) is 42.8 Å². The van der Waals surface area contributed by atoms with Crippen molar-refractivity contribution in [2.45, 2.75) is 20.3 Å². The number of hydrogen-bond donors (Lipinski definition) is 2. The first kappa shape index (κ1) is 21.0. The number of carbonyl (C=O) groups excluding carboxylic acids is 3. The molecular formula is C21H25N3O4. The SMILES string of the molecule is COc1ccccc1CCN(CC(=O)Nc1ccc(NC(C)=O)cc1)C(C)=O. The summed E-state index contributed by atoms with van der Waals surface area (Å²) in [7, 11) is 1.60. The lowest BCUT2D eigenvalue weighted by molar-refractivity contribution is -0.132. The van der Waals surface area contributed by atoms with E-state index in [1.54, 1.807) is 31.4 Å². The number of amides is 3. The molecule has 2 N–H and O–H groups in total. The van der Waals surface area contributed by atoms with Crippen molar-refractivity contribution in [3.05, 3.63) is 54.1 Å². The maximum absolute atomic E-state index is 12.3. The van der Waals surface area contributed by atoms with Crippen LogP contribution in [0.15, 0.2) is 48.5 Å². The van der Waals surface area contributed by atoms with E-state index >= 15 is 0 Å². The van der Waals surface area contributed by atoms with Gasteiger partial charge in [0.05, 0.1) is 13.7 Å². The molecule has 0 aliphatic carbocycles. The van der Waals surface area contributed by atoms with Crippen molar-refractivity contribution >= 4 is 29.1 Å². The Balaban J connectivity index is 1.93. The lowest BCUT2D eigenvalue weighted by atomic mass is 10.1. The van der Waals surface area contributed by atoms with Crippen LogP contribution in [-0.2, 0) is 20.8 Å². The van der Waals surface area contributed by atoms with Gasteiger partial charge in [0.1, 0.15) is 5.75 Å². The van der Waals surface area contributed by atoms with Crippen LogP contribution in [0.25, 0.3) is 0 Å². The Morgan fingerprint density at radius 1 is 0.929 bits per heavy atom. The molecule has 148 valence electrons. The molecule has 0 saturated heterocycles. The Kier molecular flexibility index (Phi) is 7.56. The van der Waals surface area contributed by atoms with E-state index in [9.17, 15) is 14.4 Å². The van der Waals surface area contributed by atoms with Gasteiger partial charge in [-0.1, -0.05) is 18.2 Å². The molecule has 7 nitrogen and oxygen atoms in total. The third-order valence-electron chi connectivity index (χ3n) is 4.11. The first-order valence-electron chi connectivity index (χ1n) is 8.94. The zero-order valence-electron chi connectivity index (χ0n) is 16.3. The van der Waals surface area contributed by atoms with Crippen molar-refractivity contribution in [1.82, 2.24) is 4.90 Å². The average molecular weight is 383 g/mol. The molecule has 0 aliphatic rings. The fourth-order valence-corrected chi connectivity index (χ4v) is 2.73. The van der Waals surface area contributed by atoms with Gasteiger partial charge in [0.15, 0.2) is 0 Å². The number of carbonyl (C=O) groups is 3. The van der Waals surface area contributed by atoms with Crippen LogP contribution < -0.4 is 15.4 Å². The molecule has 28 heavy (non-hydrogen) atoms. The molecule has 3 amide bonds. The normalized spacial score (nSPS) is 10.1. The number of ether oxygens (including phenoxy) is 1. The summed E-state index contributed by atoms with van der Waals surface area (Å²) in [6, 6.07) is 14.4. The van der Waals surface area contributed by atoms with E-state index in [0.717, 1.165) is 11.3 Å². The Labute approximate surface area is 164 Å². The molecule has 0 spiro atoms. The molecule has 2 aromatic carbocycles. The molecule has 0 saturated carbocycles. The fourth-order valence-electron chi connectivity index (χ4n) is 2.73. The predicted octanol–water partition coefficient (Wildman–Crippen LogP) is 2.68. The van der Waals surface area contributed by atoms with E-state index in [2.05, 4.69) is 10.6 Å². The number of benzene rings is 2. The van der Waals surface area contributed by atoms with Gasteiger partial charge < -0.3 is 20.3 Å². The van der Waals surface area contributed by atoms with Gasteiger partial charge in [-0.15, -0.1) is 0 Å². The summed E-state index contributed by atoms with van der Waals surface area (Å²) in [4.78, 5) is 36.8. The zero-order valence-corrected chi connectivity index (χ0v) is 16.3. The lowest BCUT2D eigenvalue weighted by Crippen LogP contribution is -2.38. The monoisotopic (exact) mass is 383 g/mol. The summed E-state index contributed by atoms with van der Waals surface area (Å²) in [6.45, 7) is 3.23. The van der Waals surface area contributed by atoms with Crippen LogP contribution in [0.3, 0.4) is 0 Å². The van der Waals surface area contributed by atoms with Gasteiger partial charge in [-0.3, -0.25) is 14.4 Å². The van der Waals surface area contributed by atoms with E-state index in [1.165, 1.54) is 18.7 Å². The minimum absolute atomic E-state index is 0.0437. The van der Waals surface area contributed by atoms with Crippen molar-refractivity contribution in [3.63, 3.8) is 0 Å². The summed E-state index contributed by atoms with van der Waals surface area (Å²) in [5, 5.41) is 5.42. The second-order valence-corrected chi connectivity index (χ2v) is 6.31. The van der Waals surface area contributed by atoms with E-state index in [1.807, 2.05) is 24.3 Å². The second-order valence-electron chi connectivity index (χ2n) is 6.31. The van der Waals surface area contributed by atoms with E-state index in [0.29, 0.717) is 24.3 Å². The highest BCUT2D eigenvalue weighted by Gasteiger charge is 2.15. The molecule has 7 heteroatoms. The van der Waals surface area contributed by atoms with Crippen molar-refractivity contribution in [1.29, 1.82) is 0 Å². The van der Waals surface area contributed by atoms with Crippen molar-refractivity contribution in [2.24, 2.45) is 0 Å². The number of rotatable bonds is 8. The van der Waals surface area contributed by atoms with Gasteiger partial charge in [0.2, 0.25) is 17.7 Å². The first-order chi connectivity index (χ1) is 13.4. The molecule has 0 fully saturated rings. The molecule has 0 bridgehead atoms. The van der Waals surface area contributed by atoms with Crippen molar-refractivity contribution in [3.8, 4) is 5.75 Å². The minimum atomic E-state index is -0.289. The third-order valence-corrected chi connectivity index (χ3v) is 4.11. The Morgan fingerprint density at radius 3 is 2.11 bits per heavy atom. The van der Waals surface area contributed by atoms with Gasteiger partial charge in [0, 0.05) is 31.8 Å². The summed E-state index contributed by atoms with van der Waals surface area (Å²) >= 11 is 0. The maximum Gasteiger partial charge on any atom is 0.243 e. The second kappa shape index (κ2) is 10.1. The molecule has 0 radical (unpaired) electrons. The smallest absolute Gasteiger partial charge is 0.243 e. The largest absolute Gasteiger partial charge is 0.496 e. The van der Waals surface area contributed by atoms with Crippen LogP contribution in [0.2, 0.25) is 0 Å². The third kappa shape index (κ3) is 6.42. The zero-order chi connectivity index (χ0) is 20.5. The van der Waals surface area contributed by atoms with E-state index in [4.69, 9.17) is 4.74 Å². The van der Waals surface area contributed by atoms with E-state index in [-0.39, 0.29) is 24.3 Å². The number of anilines is 2. The molecule has 0 atom stereocenters. The molecule has 0 aliphatic heterocycles. The lowest BCUT2D eigenvalue weighted by Gasteiger charge is -2.21. The highest BCUT2D eigenvalue weighted by Crippen LogP contribution is 2.18. The maximum atomic E-state index is 12.3. The topological polar surface area (TPSA) is 87.7 Å². The molecule has 0 unspecified atom stereocenters. The van der Waals surface area contributed by atoms with Crippen LogP contribution in [0.4, 0.5) is 11.4 Å². The Morgan fingerprint density at radius 2 is 1.54 bits per heavy atom. The molecule has 0 heterocycles. The standard InChI is InChI=1S/C21H25N3O4/c1-15(25)22-18-8-10-19(11-9-18)23-21(27)14-24(16(2)26)13-12-17-6-4-5-7-20(17)28-3/h4-11H,12-14H2,1-3H3,(H,22,25)(H,23,27). The number of hydrogen-bond acceptors (Lipinski definition) is 4. The minimum Gasteiger partial charge on any atom is -0.496 e. The molecular weight excluding hydrogens is 358 g/mol. The van der Waals surface area contributed by atoms with Gasteiger partial charge in [-0.05, 0) is 42.3 Å². The van der Waals surface area contributed by atoms with Crippen molar-refractivity contribution < 1.29 is 19.1 Å². The molecule has 2 aromatic rings. The Hall–Kier alpha value is -3.35. The first-order valence-corrected chi connectivity index (χ1v) is 8.94.